The van der Waals surface area contributed by atoms with Crippen molar-refractivity contribution in [3.63, 3.8) is 0 Å². The Morgan fingerprint density at radius 3 is 2.30 bits per heavy atom. The minimum absolute atomic E-state index is 0.00421. The molecule has 0 spiro atoms. The van der Waals surface area contributed by atoms with Crippen LogP contribution in [-0.2, 0) is 24.3 Å². The summed E-state index contributed by atoms with van der Waals surface area (Å²) in [6.45, 7) is 0. The summed E-state index contributed by atoms with van der Waals surface area (Å²) >= 11 is 0. The van der Waals surface area contributed by atoms with Crippen molar-refractivity contribution in [1.29, 1.82) is 0 Å². The summed E-state index contributed by atoms with van der Waals surface area (Å²) in [4.78, 5) is 34.7. The van der Waals surface area contributed by atoms with Gasteiger partial charge >= 0.3 is 5.97 Å². The zero-order valence-electron chi connectivity index (χ0n) is 12.1. The number of carbonyl (C=O) groups is 3. The lowest BCUT2D eigenvalue weighted by Gasteiger charge is -2.09. The molecule has 0 atom stereocenters. The second-order valence-electron chi connectivity index (χ2n) is 4.52. The smallest absolute Gasteiger partial charge is 0.374 e. The summed E-state index contributed by atoms with van der Waals surface area (Å²) in [5.74, 6) is -2.98. The standard InChI is InChI=1S/C15H13NO6S/c1-22-15(19)14(18)10-13(17)12-8-5-9-16(12)23(20,21)11-6-3-2-4-7-11/h2-9H,10H2,1H3. The lowest BCUT2D eigenvalue weighted by atomic mass is 10.1. The van der Waals surface area contributed by atoms with Crippen molar-refractivity contribution < 1.29 is 27.5 Å². The minimum Gasteiger partial charge on any atom is -0.463 e. The van der Waals surface area contributed by atoms with Crippen LogP contribution in [0.3, 0.4) is 0 Å². The van der Waals surface area contributed by atoms with E-state index in [4.69, 9.17) is 0 Å². The van der Waals surface area contributed by atoms with Crippen molar-refractivity contribution in [2.45, 2.75) is 11.3 Å². The third kappa shape index (κ3) is 3.37. The van der Waals surface area contributed by atoms with E-state index >= 15 is 0 Å². The first-order valence-corrected chi connectivity index (χ1v) is 7.94. The highest BCUT2D eigenvalue weighted by atomic mass is 32.2. The summed E-state index contributed by atoms with van der Waals surface area (Å²) in [6.07, 6.45) is 0.444. The molecule has 120 valence electrons. The maximum Gasteiger partial charge on any atom is 0.374 e. The van der Waals surface area contributed by atoms with E-state index in [0.29, 0.717) is 0 Å². The molecule has 0 saturated heterocycles. The molecule has 0 saturated carbocycles. The van der Waals surface area contributed by atoms with Crippen LogP contribution in [0.1, 0.15) is 16.9 Å². The molecule has 0 aliphatic carbocycles. The fraction of sp³-hybridized carbons (Fsp3) is 0.133. The molecular weight excluding hydrogens is 322 g/mol. The molecule has 23 heavy (non-hydrogen) atoms. The largest absolute Gasteiger partial charge is 0.463 e. The molecule has 1 aromatic heterocycles. The predicted octanol–water partition coefficient (Wildman–Crippen LogP) is 1.04. The molecule has 0 N–H and O–H groups in total. The van der Waals surface area contributed by atoms with Crippen LogP contribution in [0.15, 0.2) is 53.6 Å². The fourth-order valence-corrected chi connectivity index (χ4v) is 3.30. The number of rotatable bonds is 6. The maximum atomic E-state index is 12.5. The number of ether oxygens (including phenoxy) is 1. The van der Waals surface area contributed by atoms with E-state index in [9.17, 15) is 22.8 Å². The molecule has 2 aromatic rings. The molecule has 8 heteroatoms. The van der Waals surface area contributed by atoms with Crippen LogP contribution in [0.25, 0.3) is 0 Å². The SMILES string of the molecule is COC(=O)C(=O)CC(=O)c1cccn1S(=O)(=O)c1ccccc1. The zero-order valence-corrected chi connectivity index (χ0v) is 12.9. The molecule has 0 aliphatic heterocycles. The average Bonchev–Trinajstić information content (AvgIpc) is 3.05. The Morgan fingerprint density at radius 1 is 1.04 bits per heavy atom. The van der Waals surface area contributed by atoms with Gasteiger partial charge in [-0.05, 0) is 24.3 Å². The van der Waals surface area contributed by atoms with Crippen LogP contribution in [-0.4, -0.2) is 37.0 Å². The lowest BCUT2D eigenvalue weighted by molar-refractivity contribution is -0.151. The zero-order chi connectivity index (χ0) is 17.0. The summed E-state index contributed by atoms with van der Waals surface area (Å²) in [5, 5.41) is 0. The van der Waals surface area contributed by atoms with Crippen molar-refractivity contribution in [2.75, 3.05) is 7.11 Å². The van der Waals surface area contributed by atoms with Gasteiger partial charge in [0, 0.05) is 6.20 Å². The van der Waals surface area contributed by atoms with Gasteiger partial charge in [0.1, 0.15) is 5.69 Å². The van der Waals surface area contributed by atoms with Crippen LogP contribution in [0.5, 0.6) is 0 Å². The van der Waals surface area contributed by atoms with E-state index in [0.717, 1.165) is 11.1 Å². The van der Waals surface area contributed by atoms with E-state index in [1.807, 2.05) is 0 Å². The number of esters is 1. The molecule has 0 bridgehead atoms. The Morgan fingerprint density at radius 2 is 1.70 bits per heavy atom. The first-order valence-electron chi connectivity index (χ1n) is 6.50. The highest BCUT2D eigenvalue weighted by molar-refractivity contribution is 7.90. The number of hydrogen-bond acceptors (Lipinski definition) is 6. The summed E-state index contributed by atoms with van der Waals surface area (Å²) in [5.41, 5.74) is -0.203. The summed E-state index contributed by atoms with van der Waals surface area (Å²) in [7, 11) is -2.94. The van der Waals surface area contributed by atoms with Gasteiger partial charge in [-0.3, -0.25) is 9.59 Å². The second-order valence-corrected chi connectivity index (χ2v) is 6.34. The number of benzene rings is 1. The highest BCUT2D eigenvalue weighted by Crippen LogP contribution is 2.17. The Labute approximate surface area is 132 Å². The van der Waals surface area contributed by atoms with Crippen molar-refractivity contribution in [3.05, 3.63) is 54.4 Å². The van der Waals surface area contributed by atoms with E-state index in [1.54, 1.807) is 18.2 Å². The lowest BCUT2D eigenvalue weighted by Crippen LogP contribution is -2.23. The van der Waals surface area contributed by atoms with E-state index in [2.05, 4.69) is 4.74 Å². The van der Waals surface area contributed by atoms with Gasteiger partial charge < -0.3 is 4.74 Å². The van der Waals surface area contributed by atoms with Gasteiger partial charge in [0.25, 0.3) is 10.0 Å². The van der Waals surface area contributed by atoms with Gasteiger partial charge in [0.2, 0.25) is 5.78 Å². The number of hydrogen-bond donors (Lipinski definition) is 0. The van der Waals surface area contributed by atoms with E-state index < -0.39 is 34.0 Å². The second kappa shape index (κ2) is 6.57. The number of aromatic nitrogens is 1. The third-order valence-electron chi connectivity index (χ3n) is 3.03. The Kier molecular flexibility index (Phi) is 4.75. The molecule has 0 amide bonds. The van der Waals surface area contributed by atoms with Gasteiger partial charge in [-0.1, -0.05) is 18.2 Å². The van der Waals surface area contributed by atoms with E-state index in [-0.39, 0.29) is 10.6 Å². The first-order chi connectivity index (χ1) is 10.9. The number of ketones is 2. The Balaban J connectivity index is 2.35. The van der Waals surface area contributed by atoms with Gasteiger partial charge in [-0.15, -0.1) is 0 Å². The number of carbonyl (C=O) groups excluding carboxylic acids is 3. The average molecular weight is 335 g/mol. The van der Waals surface area contributed by atoms with E-state index in [1.165, 1.54) is 30.5 Å². The molecule has 0 fully saturated rings. The Bertz CT molecular complexity index is 851. The van der Waals surface area contributed by atoms with Crippen LogP contribution < -0.4 is 0 Å². The van der Waals surface area contributed by atoms with Crippen molar-refractivity contribution >= 4 is 27.6 Å². The van der Waals surface area contributed by atoms with Gasteiger partial charge in [0.15, 0.2) is 5.78 Å². The molecule has 1 aromatic carbocycles. The number of nitrogens with zero attached hydrogens (tertiary/aromatic N) is 1. The molecule has 7 nitrogen and oxygen atoms in total. The molecule has 0 aliphatic rings. The maximum absolute atomic E-state index is 12.5. The normalized spacial score (nSPS) is 11.0. The molecule has 0 radical (unpaired) electrons. The summed E-state index contributed by atoms with van der Waals surface area (Å²) < 4.78 is 30.1. The first kappa shape index (κ1) is 16.6. The predicted molar refractivity (Wildman–Crippen MR) is 79.4 cm³/mol. The van der Waals surface area contributed by atoms with Crippen LogP contribution >= 0.6 is 0 Å². The minimum atomic E-state index is -3.96. The Hall–Kier alpha value is -2.74. The topological polar surface area (TPSA) is 99.5 Å². The third-order valence-corrected chi connectivity index (χ3v) is 4.74. The molecule has 1 heterocycles. The quantitative estimate of drug-likeness (QED) is 0.338. The van der Waals surface area contributed by atoms with Crippen molar-refractivity contribution in [1.82, 2.24) is 3.97 Å². The fourth-order valence-electron chi connectivity index (χ4n) is 1.92. The highest BCUT2D eigenvalue weighted by Gasteiger charge is 2.25. The van der Waals surface area contributed by atoms with Crippen LogP contribution in [0.2, 0.25) is 0 Å². The van der Waals surface area contributed by atoms with Gasteiger partial charge in [0.05, 0.1) is 18.4 Å². The monoisotopic (exact) mass is 335 g/mol. The molecule has 2 rings (SSSR count). The van der Waals surface area contributed by atoms with Crippen LogP contribution in [0.4, 0.5) is 0 Å². The van der Waals surface area contributed by atoms with Gasteiger partial charge in [-0.25, -0.2) is 17.2 Å². The van der Waals surface area contributed by atoms with Crippen molar-refractivity contribution in [2.24, 2.45) is 0 Å². The summed E-state index contributed by atoms with van der Waals surface area (Å²) in [6, 6.07) is 10.2. The van der Waals surface area contributed by atoms with Crippen LogP contribution in [0, 0.1) is 0 Å². The van der Waals surface area contributed by atoms with Gasteiger partial charge in [-0.2, -0.15) is 0 Å². The number of methoxy groups -OCH3 is 1. The van der Waals surface area contributed by atoms with Crippen molar-refractivity contribution in [3.8, 4) is 0 Å². The molecular formula is C15H13NO6S. The molecule has 0 unspecified atom stereocenters. The number of Topliss-reactive ketones (excluding diaryl/α,β-unsaturated/α-hetero) is 2.